The Balaban J connectivity index is 1.81. The van der Waals surface area contributed by atoms with Gasteiger partial charge in [0.25, 0.3) is 0 Å². The van der Waals surface area contributed by atoms with E-state index in [4.69, 9.17) is 0 Å². The van der Waals surface area contributed by atoms with Crippen molar-refractivity contribution in [1.82, 2.24) is 14.8 Å². The van der Waals surface area contributed by atoms with E-state index >= 15 is 0 Å². The molecule has 0 saturated carbocycles. The summed E-state index contributed by atoms with van der Waals surface area (Å²) in [7, 11) is 4.02. The molecule has 0 fully saturated rings. The summed E-state index contributed by atoms with van der Waals surface area (Å²) in [4.78, 5) is 18.8. The third kappa shape index (κ3) is 3.91. The van der Waals surface area contributed by atoms with Gasteiger partial charge in [0.05, 0.1) is 0 Å². The van der Waals surface area contributed by atoms with Crippen LogP contribution in [0.2, 0.25) is 0 Å². The molecule has 0 aliphatic carbocycles. The lowest BCUT2D eigenvalue weighted by Gasteiger charge is -2.13. The molecule has 0 unspecified atom stereocenters. The van der Waals surface area contributed by atoms with Crippen LogP contribution in [0.3, 0.4) is 0 Å². The van der Waals surface area contributed by atoms with Crippen LogP contribution in [-0.4, -0.2) is 34.8 Å². The first-order valence-electron chi connectivity index (χ1n) is 8.64. The molecule has 0 saturated heterocycles. The molecule has 0 amide bonds. The summed E-state index contributed by atoms with van der Waals surface area (Å²) < 4.78 is 1.36. The Morgan fingerprint density at radius 2 is 1.77 bits per heavy atom. The van der Waals surface area contributed by atoms with E-state index in [2.05, 4.69) is 44.6 Å². The van der Waals surface area contributed by atoms with Gasteiger partial charge in [0.2, 0.25) is 11.9 Å². The van der Waals surface area contributed by atoms with Crippen molar-refractivity contribution in [2.24, 2.45) is 0 Å². The molecule has 0 spiro atoms. The highest BCUT2D eigenvalue weighted by atomic mass is 16.2. The number of aromatic nitrogens is 3. The zero-order valence-electron chi connectivity index (χ0n) is 15.3. The van der Waals surface area contributed by atoms with Crippen LogP contribution in [0.5, 0.6) is 0 Å². The smallest absolute Gasteiger partial charge is 0.249 e. The number of anilines is 2. The van der Waals surface area contributed by atoms with Crippen LogP contribution in [0.4, 0.5) is 11.6 Å². The van der Waals surface area contributed by atoms with E-state index < -0.39 is 0 Å². The molecule has 0 aliphatic heterocycles. The largest absolute Gasteiger partial charge is 0.378 e. The minimum atomic E-state index is -0.0925. The monoisotopic (exact) mass is 349 g/mol. The van der Waals surface area contributed by atoms with Crippen LogP contribution in [0.25, 0.3) is 11.4 Å². The standard InChI is InChI=1S/C20H23N5O/c1-4-18(26)25-20(22-19(23-25)16-8-6-5-7-9-16)21-14-15-10-12-17(13-11-15)24(2)3/h5-13H,4,14H2,1-3H3,(H,21,22,23). The van der Waals surface area contributed by atoms with Crippen LogP contribution in [0.1, 0.15) is 23.7 Å². The Bertz CT molecular complexity index is 869. The fourth-order valence-corrected chi connectivity index (χ4v) is 2.55. The Kier molecular flexibility index (Phi) is 5.31. The van der Waals surface area contributed by atoms with Gasteiger partial charge in [0.15, 0.2) is 5.82 Å². The number of hydrogen-bond acceptors (Lipinski definition) is 5. The third-order valence-electron chi connectivity index (χ3n) is 4.08. The zero-order chi connectivity index (χ0) is 18.5. The molecule has 0 radical (unpaired) electrons. The minimum absolute atomic E-state index is 0.0925. The fraction of sp³-hybridized carbons (Fsp3) is 0.250. The number of nitrogens with one attached hydrogen (secondary N) is 1. The Labute approximate surface area is 153 Å². The van der Waals surface area contributed by atoms with Gasteiger partial charge >= 0.3 is 0 Å². The molecule has 6 nitrogen and oxygen atoms in total. The number of carbonyl (C=O) groups excluding carboxylic acids is 1. The summed E-state index contributed by atoms with van der Waals surface area (Å²) in [5.74, 6) is 0.912. The van der Waals surface area contributed by atoms with Crippen molar-refractivity contribution in [3.63, 3.8) is 0 Å². The van der Waals surface area contributed by atoms with E-state index in [9.17, 15) is 4.79 Å². The first kappa shape index (κ1) is 17.7. The highest BCUT2D eigenvalue weighted by molar-refractivity contribution is 5.81. The minimum Gasteiger partial charge on any atom is -0.378 e. The van der Waals surface area contributed by atoms with E-state index in [0.717, 1.165) is 16.8 Å². The maximum Gasteiger partial charge on any atom is 0.249 e. The number of rotatable bonds is 6. The Hall–Kier alpha value is -3.15. The lowest BCUT2D eigenvalue weighted by Crippen LogP contribution is -2.15. The molecule has 3 aromatic rings. The van der Waals surface area contributed by atoms with Crippen molar-refractivity contribution in [2.45, 2.75) is 19.9 Å². The van der Waals surface area contributed by atoms with Gasteiger partial charge in [0, 0.05) is 38.3 Å². The first-order valence-corrected chi connectivity index (χ1v) is 8.64. The van der Waals surface area contributed by atoms with Gasteiger partial charge in [-0.1, -0.05) is 49.4 Å². The molecule has 6 heteroatoms. The van der Waals surface area contributed by atoms with Crippen LogP contribution in [-0.2, 0) is 6.54 Å². The molecular formula is C20H23N5O. The second-order valence-corrected chi connectivity index (χ2v) is 6.20. The molecule has 0 bridgehead atoms. The quantitative estimate of drug-likeness (QED) is 0.735. The van der Waals surface area contributed by atoms with Crippen LogP contribution >= 0.6 is 0 Å². The lowest BCUT2D eigenvalue weighted by molar-refractivity contribution is 0.0895. The lowest BCUT2D eigenvalue weighted by atomic mass is 10.2. The van der Waals surface area contributed by atoms with Crippen molar-refractivity contribution in [2.75, 3.05) is 24.3 Å². The molecule has 2 aromatic carbocycles. The predicted molar refractivity (Wildman–Crippen MR) is 104 cm³/mol. The molecule has 26 heavy (non-hydrogen) atoms. The van der Waals surface area contributed by atoms with Crippen molar-refractivity contribution in [3.8, 4) is 11.4 Å². The highest BCUT2D eigenvalue weighted by Gasteiger charge is 2.15. The van der Waals surface area contributed by atoms with E-state index in [-0.39, 0.29) is 5.91 Å². The Morgan fingerprint density at radius 3 is 2.38 bits per heavy atom. The van der Waals surface area contributed by atoms with Gasteiger partial charge in [-0.25, -0.2) is 0 Å². The summed E-state index contributed by atoms with van der Waals surface area (Å²) in [6, 6.07) is 17.9. The van der Waals surface area contributed by atoms with Crippen LogP contribution in [0.15, 0.2) is 54.6 Å². The molecule has 1 heterocycles. The molecular weight excluding hydrogens is 326 g/mol. The SMILES string of the molecule is CCC(=O)n1nc(-c2ccccc2)nc1NCc1ccc(N(C)C)cc1. The van der Waals surface area contributed by atoms with Gasteiger partial charge in [-0.2, -0.15) is 9.67 Å². The maximum absolute atomic E-state index is 12.2. The van der Waals surface area contributed by atoms with E-state index in [1.807, 2.05) is 51.4 Å². The average Bonchev–Trinajstić information content (AvgIpc) is 3.11. The summed E-state index contributed by atoms with van der Waals surface area (Å²) in [5, 5.41) is 7.63. The van der Waals surface area contributed by atoms with Gasteiger partial charge < -0.3 is 10.2 Å². The zero-order valence-corrected chi connectivity index (χ0v) is 15.3. The van der Waals surface area contributed by atoms with Crippen LogP contribution < -0.4 is 10.2 Å². The van der Waals surface area contributed by atoms with Crippen molar-refractivity contribution < 1.29 is 4.79 Å². The summed E-state index contributed by atoms with van der Waals surface area (Å²) in [5.41, 5.74) is 3.13. The second kappa shape index (κ2) is 7.82. The van der Waals surface area contributed by atoms with Crippen molar-refractivity contribution in [3.05, 3.63) is 60.2 Å². The summed E-state index contributed by atoms with van der Waals surface area (Å²) in [6.45, 7) is 2.38. The second-order valence-electron chi connectivity index (χ2n) is 6.20. The van der Waals surface area contributed by atoms with Gasteiger partial charge in [-0.15, -0.1) is 5.10 Å². The fourth-order valence-electron chi connectivity index (χ4n) is 2.55. The third-order valence-corrected chi connectivity index (χ3v) is 4.08. The molecule has 0 aliphatic rings. The van der Waals surface area contributed by atoms with E-state index in [1.165, 1.54) is 4.68 Å². The first-order chi connectivity index (χ1) is 12.6. The molecule has 1 aromatic heterocycles. The maximum atomic E-state index is 12.2. The number of benzene rings is 2. The normalized spacial score (nSPS) is 10.6. The Morgan fingerprint density at radius 1 is 1.08 bits per heavy atom. The van der Waals surface area contributed by atoms with Crippen molar-refractivity contribution in [1.29, 1.82) is 0 Å². The predicted octanol–water partition coefficient (Wildman–Crippen LogP) is 3.67. The molecule has 1 N–H and O–H groups in total. The van der Waals surface area contributed by atoms with Crippen molar-refractivity contribution >= 4 is 17.5 Å². The molecule has 3 rings (SSSR count). The van der Waals surface area contributed by atoms with Crippen LogP contribution in [0, 0.1) is 0 Å². The average molecular weight is 349 g/mol. The summed E-state index contributed by atoms with van der Waals surface area (Å²) >= 11 is 0. The number of hydrogen-bond donors (Lipinski definition) is 1. The number of nitrogens with zero attached hydrogens (tertiary/aromatic N) is 4. The van der Waals surface area contributed by atoms with E-state index in [0.29, 0.717) is 24.7 Å². The number of carbonyl (C=O) groups is 1. The van der Waals surface area contributed by atoms with Gasteiger partial charge in [-0.05, 0) is 17.7 Å². The van der Waals surface area contributed by atoms with E-state index in [1.54, 1.807) is 0 Å². The topological polar surface area (TPSA) is 63.1 Å². The molecule has 134 valence electrons. The highest BCUT2D eigenvalue weighted by Crippen LogP contribution is 2.19. The summed E-state index contributed by atoms with van der Waals surface area (Å²) in [6.07, 6.45) is 0.365. The van der Waals surface area contributed by atoms with Gasteiger partial charge in [-0.3, -0.25) is 4.79 Å². The van der Waals surface area contributed by atoms with Gasteiger partial charge in [0.1, 0.15) is 0 Å². The molecule has 0 atom stereocenters.